The van der Waals surface area contributed by atoms with Gasteiger partial charge in [-0.2, -0.15) is 0 Å². The Balaban J connectivity index is 1.98. The lowest BCUT2D eigenvalue weighted by Crippen LogP contribution is -2.15. The van der Waals surface area contributed by atoms with Crippen LogP contribution in [0.1, 0.15) is 48.4 Å². The number of ether oxygens (including phenoxy) is 1. The molecular formula is C23H20ClN3O6S. The molecule has 3 aromatic rings. The first kappa shape index (κ1) is 24.9. The molecule has 176 valence electrons. The van der Waals surface area contributed by atoms with Crippen molar-refractivity contribution < 1.29 is 24.0 Å². The van der Waals surface area contributed by atoms with E-state index >= 15 is 0 Å². The fraction of sp³-hybridized carbons (Fsp3) is 0.174. The Morgan fingerprint density at radius 1 is 1.09 bits per heavy atom. The van der Waals surface area contributed by atoms with Gasteiger partial charge >= 0.3 is 5.97 Å². The van der Waals surface area contributed by atoms with Gasteiger partial charge in [0.1, 0.15) is 10.0 Å². The molecule has 9 nitrogen and oxygen atoms in total. The van der Waals surface area contributed by atoms with E-state index in [9.17, 15) is 24.5 Å². The van der Waals surface area contributed by atoms with Crippen LogP contribution in [0.3, 0.4) is 0 Å². The highest BCUT2D eigenvalue weighted by Crippen LogP contribution is 2.35. The van der Waals surface area contributed by atoms with Crippen molar-refractivity contribution in [1.82, 2.24) is 0 Å². The zero-order chi connectivity index (χ0) is 25.0. The first-order valence-corrected chi connectivity index (χ1v) is 11.3. The Bertz CT molecular complexity index is 1300. The largest absolute Gasteiger partial charge is 0.462 e. The molecule has 0 atom stereocenters. The minimum absolute atomic E-state index is 0.0390. The van der Waals surface area contributed by atoms with Gasteiger partial charge in [0.15, 0.2) is 0 Å². The van der Waals surface area contributed by atoms with E-state index in [1.165, 1.54) is 12.1 Å². The summed E-state index contributed by atoms with van der Waals surface area (Å²) in [5.74, 6) is -1.87. The molecule has 0 spiro atoms. The van der Waals surface area contributed by atoms with Crippen LogP contribution in [-0.2, 0) is 4.74 Å². The molecule has 0 fully saturated rings. The van der Waals surface area contributed by atoms with E-state index in [1.807, 2.05) is 19.1 Å². The predicted octanol–water partition coefficient (Wildman–Crippen LogP) is 5.61. The number of nitrogens with one attached hydrogen (secondary N) is 2. The molecule has 1 heterocycles. The molecule has 0 aliphatic carbocycles. The molecule has 3 rings (SSSR count). The Labute approximate surface area is 203 Å². The number of nitrogens with zero attached hydrogens (tertiary/aromatic N) is 1. The van der Waals surface area contributed by atoms with E-state index in [0.29, 0.717) is 11.3 Å². The van der Waals surface area contributed by atoms with Crippen molar-refractivity contribution in [3.05, 3.63) is 84.7 Å². The minimum atomic E-state index is -0.711. The van der Waals surface area contributed by atoms with Gasteiger partial charge in [-0.25, -0.2) is 4.79 Å². The van der Waals surface area contributed by atoms with E-state index in [0.717, 1.165) is 23.0 Å². The van der Waals surface area contributed by atoms with E-state index in [1.54, 1.807) is 26.0 Å². The van der Waals surface area contributed by atoms with Crippen LogP contribution in [0.15, 0.2) is 42.5 Å². The first-order chi connectivity index (χ1) is 16.1. The number of nitro benzene ring substituents is 1. The average molecular weight is 502 g/mol. The van der Waals surface area contributed by atoms with Gasteiger partial charge < -0.3 is 15.4 Å². The third-order valence-electron chi connectivity index (χ3n) is 4.86. The topological polar surface area (TPSA) is 128 Å². The molecule has 0 unspecified atom stereocenters. The summed E-state index contributed by atoms with van der Waals surface area (Å²) in [6, 6.07) is 10.8. The van der Waals surface area contributed by atoms with E-state index in [-0.39, 0.29) is 32.6 Å². The molecule has 0 radical (unpaired) electrons. The van der Waals surface area contributed by atoms with Crippen molar-refractivity contribution in [2.24, 2.45) is 0 Å². The zero-order valence-electron chi connectivity index (χ0n) is 18.4. The van der Waals surface area contributed by atoms with Crippen molar-refractivity contribution >= 4 is 57.1 Å². The molecule has 0 bridgehead atoms. The second kappa shape index (κ2) is 10.4. The van der Waals surface area contributed by atoms with Gasteiger partial charge in [0.2, 0.25) is 0 Å². The number of esters is 1. The highest BCUT2D eigenvalue weighted by Gasteiger charge is 2.27. The van der Waals surface area contributed by atoms with Crippen molar-refractivity contribution in [3.63, 3.8) is 0 Å². The van der Waals surface area contributed by atoms with Crippen LogP contribution in [0, 0.1) is 24.0 Å². The number of aryl methyl sites for hydroxylation is 1. The summed E-state index contributed by atoms with van der Waals surface area (Å²) in [5, 5.41) is 16.5. The summed E-state index contributed by atoms with van der Waals surface area (Å²) in [5.41, 5.74) is 1.37. The molecule has 0 aliphatic heterocycles. The maximum absolute atomic E-state index is 13.0. The molecule has 2 N–H and O–H groups in total. The van der Waals surface area contributed by atoms with Gasteiger partial charge in [0.25, 0.3) is 17.5 Å². The number of hydrogen-bond acceptors (Lipinski definition) is 7. The molecule has 2 aromatic carbocycles. The van der Waals surface area contributed by atoms with E-state index in [2.05, 4.69) is 10.6 Å². The number of carbonyl (C=O) groups is 3. The monoisotopic (exact) mass is 501 g/mol. The maximum Gasteiger partial charge on any atom is 0.341 e. The summed E-state index contributed by atoms with van der Waals surface area (Å²) in [6.07, 6.45) is 0. The van der Waals surface area contributed by atoms with Gasteiger partial charge in [-0.15, -0.1) is 11.3 Å². The van der Waals surface area contributed by atoms with Crippen LogP contribution < -0.4 is 10.6 Å². The maximum atomic E-state index is 13.0. The number of anilines is 2. The molecule has 0 saturated heterocycles. The molecule has 0 aliphatic rings. The third-order valence-corrected chi connectivity index (χ3v) is 6.38. The number of carbonyl (C=O) groups excluding carboxylic acids is 3. The fourth-order valence-electron chi connectivity index (χ4n) is 3.13. The van der Waals surface area contributed by atoms with Crippen LogP contribution in [-0.4, -0.2) is 29.3 Å². The number of benzene rings is 2. The van der Waals surface area contributed by atoms with Crippen LogP contribution in [0.5, 0.6) is 0 Å². The number of rotatable bonds is 7. The molecule has 2 amide bonds. The number of hydrogen-bond donors (Lipinski definition) is 2. The van der Waals surface area contributed by atoms with Crippen molar-refractivity contribution in [2.45, 2.75) is 20.8 Å². The standard InChI is InChI=1S/C23H20ClN3O6S/c1-4-33-23(30)18-13(3)19(21(29)25-16-8-6-5-7-12(16)2)34-22(18)26-20(28)14-9-10-15(24)17(11-14)27(31)32/h5-11H,4H2,1-3H3,(H,25,29)(H,26,28). The smallest absolute Gasteiger partial charge is 0.341 e. The Morgan fingerprint density at radius 3 is 2.44 bits per heavy atom. The number of amides is 2. The summed E-state index contributed by atoms with van der Waals surface area (Å²) < 4.78 is 5.11. The van der Waals surface area contributed by atoms with E-state index in [4.69, 9.17) is 16.3 Å². The van der Waals surface area contributed by atoms with Gasteiger partial charge in [-0.05, 0) is 50.1 Å². The Hall–Kier alpha value is -3.76. The number of para-hydroxylation sites is 1. The summed E-state index contributed by atoms with van der Waals surface area (Å²) in [7, 11) is 0. The summed E-state index contributed by atoms with van der Waals surface area (Å²) in [6.45, 7) is 5.16. The molecule has 1 aromatic heterocycles. The normalized spacial score (nSPS) is 10.5. The number of nitro groups is 1. The minimum Gasteiger partial charge on any atom is -0.462 e. The van der Waals surface area contributed by atoms with Gasteiger partial charge in [-0.3, -0.25) is 19.7 Å². The molecule has 34 heavy (non-hydrogen) atoms. The van der Waals surface area contributed by atoms with Crippen LogP contribution >= 0.6 is 22.9 Å². The lowest BCUT2D eigenvalue weighted by atomic mass is 10.1. The fourth-order valence-corrected chi connectivity index (χ4v) is 4.40. The Morgan fingerprint density at radius 2 is 1.79 bits per heavy atom. The highest BCUT2D eigenvalue weighted by molar-refractivity contribution is 7.19. The lowest BCUT2D eigenvalue weighted by Gasteiger charge is -2.08. The van der Waals surface area contributed by atoms with E-state index < -0.39 is 28.4 Å². The second-order valence-electron chi connectivity index (χ2n) is 7.13. The number of thiophene rings is 1. The quantitative estimate of drug-likeness (QED) is 0.246. The first-order valence-electron chi connectivity index (χ1n) is 10.1. The van der Waals surface area contributed by atoms with Crippen LogP contribution in [0.25, 0.3) is 0 Å². The zero-order valence-corrected chi connectivity index (χ0v) is 20.0. The van der Waals surface area contributed by atoms with Gasteiger partial charge in [0, 0.05) is 17.3 Å². The Kier molecular flexibility index (Phi) is 7.64. The van der Waals surface area contributed by atoms with Crippen molar-refractivity contribution in [1.29, 1.82) is 0 Å². The molecule has 0 saturated carbocycles. The van der Waals surface area contributed by atoms with Crippen molar-refractivity contribution in [2.75, 3.05) is 17.2 Å². The SMILES string of the molecule is CCOC(=O)c1c(NC(=O)c2ccc(Cl)c([N+](=O)[O-])c2)sc(C(=O)Nc2ccccc2C)c1C. The second-order valence-corrected chi connectivity index (χ2v) is 8.56. The average Bonchev–Trinajstić information content (AvgIpc) is 3.11. The van der Waals surface area contributed by atoms with Crippen molar-refractivity contribution in [3.8, 4) is 0 Å². The van der Waals surface area contributed by atoms with Crippen LogP contribution in [0.4, 0.5) is 16.4 Å². The summed E-state index contributed by atoms with van der Waals surface area (Å²) in [4.78, 5) is 49.1. The predicted molar refractivity (Wildman–Crippen MR) is 130 cm³/mol. The summed E-state index contributed by atoms with van der Waals surface area (Å²) >= 11 is 6.72. The molecular weight excluding hydrogens is 482 g/mol. The van der Waals surface area contributed by atoms with Crippen LogP contribution in [0.2, 0.25) is 5.02 Å². The van der Waals surface area contributed by atoms with Gasteiger partial charge in [0.05, 0.1) is 22.0 Å². The number of halogens is 1. The highest BCUT2D eigenvalue weighted by atomic mass is 35.5. The lowest BCUT2D eigenvalue weighted by molar-refractivity contribution is -0.384. The molecule has 11 heteroatoms. The third kappa shape index (κ3) is 5.24. The van der Waals surface area contributed by atoms with Gasteiger partial charge in [-0.1, -0.05) is 29.8 Å².